The maximum Gasteiger partial charge on any atom is 0.227 e. The van der Waals surface area contributed by atoms with Crippen LogP contribution in [0.1, 0.15) is 94.6 Å². The lowest BCUT2D eigenvalue weighted by atomic mass is 9.77. The third-order valence-corrected chi connectivity index (χ3v) is 7.09. The van der Waals surface area contributed by atoms with Gasteiger partial charge in [0.25, 0.3) is 0 Å². The third kappa shape index (κ3) is 5.67. The Labute approximate surface area is 187 Å². The number of rotatable bonds is 10. The molecular weight excluding hydrogens is 378 g/mol. The molecule has 4 rings (SSSR count). The fourth-order valence-corrected chi connectivity index (χ4v) is 5.08. The van der Waals surface area contributed by atoms with Crippen LogP contribution < -0.4 is 0 Å². The van der Waals surface area contributed by atoms with Gasteiger partial charge in [0.05, 0.1) is 0 Å². The molecule has 0 N–H and O–H groups in total. The van der Waals surface area contributed by atoms with Crippen LogP contribution in [0.2, 0.25) is 0 Å². The normalized spacial score (nSPS) is 19.0. The molecular formula is C29H37NO. The molecule has 0 amide bonds. The summed E-state index contributed by atoms with van der Waals surface area (Å²) in [6.07, 6.45) is 17.2. The van der Waals surface area contributed by atoms with Gasteiger partial charge in [-0.05, 0) is 72.9 Å². The van der Waals surface area contributed by atoms with Crippen LogP contribution in [0.25, 0.3) is 28.6 Å². The lowest BCUT2D eigenvalue weighted by Crippen LogP contribution is -2.13. The zero-order valence-corrected chi connectivity index (χ0v) is 19.1. The van der Waals surface area contributed by atoms with Crippen molar-refractivity contribution >= 4 is 17.2 Å². The van der Waals surface area contributed by atoms with Crippen molar-refractivity contribution in [1.29, 1.82) is 0 Å². The van der Waals surface area contributed by atoms with E-state index in [0.717, 1.165) is 28.1 Å². The molecule has 0 unspecified atom stereocenters. The average molecular weight is 416 g/mol. The highest BCUT2D eigenvalue weighted by molar-refractivity contribution is 5.77. The Hall–Kier alpha value is -2.35. The summed E-state index contributed by atoms with van der Waals surface area (Å²) in [7, 11) is 0. The molecule has 1 aliphatic carbocycles. The number of benzene rings is 2. The fourth-order valence-electron chi connectivity index (χ4n) is 5.08. The predicted octanol–water partition coefficient (Wildman–Crippen LogP) is 9.16. The predicted molar refractivity (Wildman–Crippen MR) is 132 cm³/mol. The molecule has 164 valence electrons. The second-order valence-electron chi connectivity index (χ2n) is 9.35. The molecule has 2 aromatic carbocycles. The van der Waals surface area contributed by atoms with Crippen LogP contribution in [0.4, 0.5) is 0 Å². The van der Waals surface area contributed by atoms with Crippen molar-refractivity contribution < 1.29 is 4.42 Å². The molecule has 1 fully saturated rings. The van der Waals surface area contributed by atoms with Gasteiger partial charge >= 0.3 is 0 Å². The summed E-state index contributed by atoms with van der Waals surface area (Å²) in [5, 5.41) is 0. The Bertz CT molecular complexity index is 960. The number of hydrogen-bond donors (Lipinski definition) is 0. The zero-order chi connectivity index (χ0) is 21.5. The molecule has 0 radical (unpaired) electrons. The molecule has 2 heteroatoms. The van der Waals surface area contributed by atoms with Crippen LogP contribution in [-0.2, 0) is 0 Å². The van der Waals surface area contributed by atoms with Crippen molar-refractivity contribution in [3.63, 3.8) is 0 Å². The third-order valence-electron chi connectivity index (χ3n) is 7.09. The summed E-state index contributed by atoms with van der Waals surface area (Å²) < 4.78 is 6.03. The van der Waals surface area contributed by atoms with Crippen molar-refractivity contribution in [2.75, 3.05) is 0 Å². The molecule has 0 saturated heterocycles. The minimum atomic E-state index is 0.678. The van der Waals surface area contributed by atoms with Gasteiger partial charge < -0.3 is 4.42 Å². The first-order valence-corrected chi connectivity index (χ1v) is 12.4. The van der Waals surface area contributed by atoms with Crippen LogP contribution >= 0.6 is 0 Å². The number of hydrogen-bond acceptors (Lipinski definition) is 2. The number of unbranched alkanes of at least 4 members (excludes halogenated alkanes) is 5. The van der Waals surface area contributed by atoms with Gasteiger partial charge in [0, 0.05) is 5.56 Å². The first kappa shape index (κ1) is 21.9. The summed E-state index contributed by atoms with van der Waals surface area (Å²) >= 11 is 0. The van der Waals surface area contributed by atoms with E-state index in [1.54, 1.807) is 0 Å². The Morgan fingerprint density at radius 3 is 2.42 bits per heavy atom. The van der Waals surface area contributed by atoms with E-state index in [2.05, 4.69) is 31.7 Å². The highest BCUT2D eigenvalue weighted by atomic mass is 16.3. The molecule has 2 nitrogen and oxygen atoms in total. The van der Waals surface area contributed by atoms with Gasteiger partial charge in [0.2, 0.25) is 5.89 Å². The number of oxazole rings is 1. The summed E-state index contributed by atoms with van der Waals surface area (Å²) in [5.41, 5.74) is 5.41. The highest BCUT2D eigenvalue weighted by Gasteiger charge is 2.23. The van der Waals surface area contributed by atoms with Gasteiger partial charge in [-0.2, -0.15) is 0 Å². The zero-order valence-electron chi connectivity index (χ0n) is 19.1. The maximum absolute atomic E-state index is 6.03. The van der Waals surface area contributed by atoms with Gasteiger partial charge in [-0.1, -0.05) is 82.7 Å². The quantitative estimate of drug-likeness (QED) is 0.308. The van der Waals surface area contributed by atoms with E-state index in [0.29, 0.717) is 11.8 Å². The molecule has 0 spiro atoms. The minimum absolute atomic E-state index is 0.678. The van der Waals surface area contributed by atoms with Crippen LogP contribution in [0, 0.1) is 5.92 Å². The van der Waals surface area contributed by atoms with E-state index in [-0.39, 0.29) is 0 Å². The second-order valence-corrected chi connectivity index (χ2v) is 9.35. The first-order valence-electron chi connectivity index (χ1n) is 12.4. The smallest absolute Gasteiger partial charge is 0.227 e. The lowest BCUT2D eigenvalue weighted by Gasteiger charge is -2.28. The Morgan fingerprint density at radius 1 is 0.935 bits per heavy atom. The molecule has 3 aromatic rings. The topological polar surface area (TPSA) is 26.0 Å². The molecule has 1 aromatic heterocycles. The van der Waals surface area contributed by atoms with Gasteiger partial charge in [-0.15, -0.1) is 0 Å². The van der Waals surface area contributed by atoms with Crippen molar-refractivity contribution in [2.45, 2.75) is 83.5 Å². The minimum Gasteiger partial charge on any atom is -0.436 e. The Kier molecular flexibility index (Phi) is 7.61. The van der Waals surface area contributed by atoms with Crippen LogP contribution in [0.5, 0.6) is 0 Å². The van der Waals surface area contributed by atoms with Crippen LogP contribution in [0.15, 0.2) is 53.5 Å². The number of aromatic nitrogens is 1. The summed E-state index contributed by atoms with van der Waals surface area (Å²) in [4.78, 5) is 4.79. The van der Waals surface area contributed by atoms with Gasteiger partial charge in [-0.25, -0.2) is 4.98 Å². The molecule has 1 heterocycles. The SMILES string of the molecule is C=Cc1ccc(-c2nc3cc(C4CCC(CCCCCCCC)CC4)ccc3o2)cc1. The highest BCUT2D eigenvalue weighted by Crippen LogP contribution is 2.39. The van der Waals surface area contributed by atoms with E-state index in [1.807, 2.05) is 30.3 Å². The number of fused-ring (bicyclic) bond motifs is 1. The average Bonchev–Trinajstić information content (AvgIpc) is 3.25. The van der Waals surface area contributed by atoms with E-state index in [1.165, 1.54) is 76.2 Å². The standard InChI is InChI=1S/C29H37NO/c1-3-5-6-7-8-9-10-23-13-15-24(16-14-23)26-19-20-28-27(21-26)30-29(31-28)25-17-11-22(4-2)12-18-25/h4,11-12,17-21,23-24H,2-3,5-10,13-16H2,1H3. The summed E-state index contributed by atoms with van der Waals surface area (Å²) in [5.74, 6) is 2.32. The van der Waals surface area contributed by atoms with E-state index in [9.17, 15) is 0 Å². The lowest BCUT2D eigenvalue weighted by molar-refractivity contribution is 0.302. The molecule has 1 saturated carbocycles. The molecule has 31 heavy (non-hydrogen) atoms. The molecule has 0 aliphatic heterocycles. The maximum atomic E-state index is 6.03. The van der Waals surface area contributed by atoms with Gasteiger partial charge in [0.1, 0.15) is 5.52 Å². The van der Waals surface area contributed by atoms with E-state index in [4.69, 9.17) is 9.40 Å². The van der Waals surface area contributed by atoms with Crippen molar-refractivity contribution in [3.8, 4) is 11.5 Å². The summed E-state index contributed by atoms with van der Waals surface area (Å²) in [6.45, 7) is 6.11. The van der Waals surface area contributed by atoms with E-state index < -0.39 is 0 Å². The van der Waals surface area contributed by atoms with Gasteiger partial charge in [0.15, 0.2) is 5.58 Å². The monoisotopic (exact) mass is 415 g/mol. The molecule has 1 aliphatic rings. The molecule has 0 atom stereocenters. The Balaban J connectivity index is 1.32. The first-order chi connectivity index (χ1) is 15.3. The van der Waals surface area contributed by atoms with Crippen LogP contribution in [-0.4, -0.2) is 4.98 Å². The van der Waals surface area contributed by atoms with Gasteiger partial charge in [-0.3, -0.25) is 0 Å². The van der Waals surface area contributed by atoms with Crippen molar-refractivity contribution in [2.24, 2.45) is 5.92 Å². The van der Waals surface area contributed by atoms with Crippen molar-refractivity contribution in [1.82, 2.24) is 4.98 Å². The largest absolute Gasteiger partial charge is 0.436 e. The Morgan fingerprint density at radius 2 is 1.68 bits per heavy atom. The second kappa shape index (κ2) is 10.8. The number of nitrogens with zero attached hydrogens (tertiary/aromatic N) is 1. The summed E-state index contributed by atoms with van der Waals surface area (Å²) in [6, 6.07) is 14.8. The van der Waals surface area contributed by atoms with E-state index >= 15 is 0 Å². The van der Waals surface area contributed by atoms with Crippen LogP contribution in [0.3, 0.4) is 0 Å². The fraction of sp³-hybridized carbons (Fsp3) is 0.483. The molecule has 0 bridgehead atoms. The van der Waals surface area contributed by atoms with Crippen molar-refractivity contribution in [3.05, 3.63) is 60.2 Å².